The minimum Gasteiger partial charge on any atom is -0.480 e. The van der Waals surface area contributed by atoms with Crippen molar-refractivity contribution >= 4 is 11.9 Å². The molecule has 7 heteroatoms. The van der Waals surface area contributed by atoms with Gasteiger partial charge in [0, 0.05) is 17.5 Å². The molecule has 0 spiro atoms. The molecule has 7 nitrogen and oxygen atoms in total. The van der Waals surface area contributed by atoms with E-state index in [1.54, 1.807) is 26.0 Å². The number of carboxylic acids is 1. The van der Waals surface area contributed by atoms with Gasteiger partial charge >= 0.3 is 5.97 Å². The predicted molar refractivity (Wildman–Crippen MR) is 97.6 cm³/mol. The van der Waals surface area contributed by atoms with Gasteiger partial charge < -0.3 is 14.9 Å². The number of aliphatic carboxylic acids is 1. The van der Waals surface area contributed by atoms with Crippen LogP contribution >= 0.6 is 0 Å². The first-order valence-electron chi connectivity index (χ1n) is 8.66. The summed E-state index contributed by atoms with van der Waals surface area (Å²) in [6, 6.07) is 2.60. The molecule has 2 aromatic heterocycles. The number of carbonyl (C=O) groups is 2. The molecule has 0 aliphatic heterocycles. The summed E-state index contributed by atoms with van der Waals surface area (Å²) in [5, 5.41) is 16.1. The van der Waals surface area contributed by atoms with Crippen molar-refractivity contribution in [3.8, 4) is 5.82 Å². The van der Waals surface area contributed by atoms with Gasteiger partial charge in [-0.2, -0.15) is 0 Å². The van der Waals surface area contributed by atoms with E-state index in [9.17, 15) is 14.7 Å². The molecule has 0 aliphatic rings. The molecule has 0 radical (unpaired) electrons. The maximum atomic E-state index is 12.7. The van der Waals surface area contributed by atoms with Crippen LogP contribution < -0.4 is 5.32 Å². The Bertz CT molecular complexity index is 811. The molecule has 1 atom stereocenters. The van der Waals surface area contributed by atoms with E-state index >= 15 is 0 Å². The molecule has 2 heterocycles. The molecule has 1 amide bonds. The standard InChI is InChI=1S/C19H27N3O4/c1-11-9-14(13(3)22(11)16-10-12(2)26-21-16)17(23)20-15(18(24)25)7-8-19(4,5)6/h9-10,15H,7-8H2,1-6H3,(H,20,23)(H,24,25). The molecular formula is C19H27N3O4. The second-order valence-electron chi connectivity index (χ2n) is 7.88. The van der Waals surface area contributed by atoms with Crippen LogP contribution in [-0.4, -0.2) is 32.7 Å². The van der Waals surface area contributed by atoms with Crippen LogP contribution in [0.15, 0.2) is 16.7 Å². The fourth-order valence-electron chi connectivity index (χ4n) is 2.87. The number of hydrogen-bond acceptors (Lipinski definition) is 4. The number of carboxylic acid groups (broad SMARTS) is 1. The van der Waals surface area contributed by atoms with E-state index < -0.39 is 17.9 Å². The van der Waals surface area contributed by atoms with Crippen molar-refractivity contribution in [1.82, 2.24) is 15.0 Å². The highest BCUT2D eigenvalue weighted by Crippen LogP contribution is 2.23. The van der Waals surface area contributed by atoms with Crippen LogP contribution in [0.1, 0.15) is 61.1 Å². The Morgan fingerprint density at radius 2 is 1.92 bits per heavy atom. The van der Waals surface area contributed by atoms with Gasteiger partial charge in [0.05, 0.1) is 5.56 Å². The Hall–Kier alpha value is -2.57. The molecule has 142 valence electrons. The van der Waals surface area contributed by atoms with Gasteiger partial charge in [-0.15, -0.1) is 0 Å². The molecule has 0 bridgehead atoms. The second kappa shape index (κ2) is 7.35. The number of aryl methyl sites for hydroxylation is 2. The molecule has 0 saturated heterocycles. The summed E-state index contributed by atoms with van der Waals surface area (Å²) >= 11 is 0. The molecule has 0 saturated carbocycles. The van der Waals surface area contributed by atoms with Gasteiger partial charge in [-0.05, 0) is 45.1 Å². The van der Waals surface area contributed by atoms with Gasteiger partial charge in [-0.3, -0.25) is 9.36 Å². The minimum absolute atomic E-state index is 0.000920. The van der Waals surface area contributed by atoms with Crippen LogP contribution in [0.4, 0.5) is 0 Å². The Balaban J connectivity index is 2.22. The summed E-state index contributed by atoms with van der Waals surface area (Å²) in [4.78, 5) is 24.2. The predicted octanol–water partition coefficient (Wildman–Crippen LogP) is 3.40. The van der Waals surface area contributed by atoms with Crippen molar-refractivity contribution in [2.75, 3.05) is 0 Å². The van der Waals surface area contributed by atoms with E-state index in [4.69, 9.17) is 4.52 Å². The Labute approximate surface area is 153 Å². The number of hydrogen-bond donors (Lipinski definition) is 2. The molecule has 0 fully saturated rings. The number of nitrogens with zero attached hydrogens (tertiary/aromatic N) is 2. The van der Waals surface area contributed by atoms with Crippen molar-refractivity contribution < 1.29 is 19.2 Å². The molecule has 0 aliphatic carbocycles. The van der Waals surface area contributed by atoms with Gasteiger partial charge in [0.2, 0.25) is 0 Å². The Morgan fingerprint density at radius 1 is 1.27 bits per heavy atom. The molecular weight excluding hydrogens is 334 g/mol. The lowest BCUT2D eigenvalue weighted by molar-refractivity contribution is -0.139. The van der Waals surface area contributed by atoms with Gasteiger partial charge in [-0.25, -0.2) is 4.79 Å². The number of amides is 1. The molecule has 26 heavy (non-hydrogen) atoms. The van der Waals surface area contributed by atoms with Crippen LogP contribution in [0.3, 0.4) is 0 Å². The monoisotopic (exact) mass is 361 g/mol. The summed E-state index contributed by atoms with van der Waals surface area (Å²) in [6.07, 6.45) is 1.08. The lowest BCUT2D eigenvalue weighted by atomic mass is 9.88. The summed E-state index contributed by atoms with van der Waals surface area (Å²) in [6.45, 7) is 11.6. The number of carbonyl (C=O) groups excluding carboxylic acids is 1. The third kappa shape index (κ3) is 4.53. The van der Waals surface area contributed by atoms with Crippen LogP contribution in [0.25, 0.3) is 5.82 Å². The van der Waals surface area contributed by atoms with Crippen LogP contribution in [0, 0.1) is 26.2 Å². The second-order valence-corrected chi connectivity index (χ2v) is 7.88. The zero-order valence-electron chi connectivity index (χ0n) is 16.2. The minimum atomic E-state index is -1.02. The van der Waals surface area contributed by atoms with Gasteiger partial charge in [0.15, 0.2) is 5.82 Å². The van der Waals surface area contributed by atoms with E-state index in [1.165, 1.54) is 0 Å². The highest BCUT2D eigenvalue weighted by Gasteiger charge is 2.25. The lowest BCUT2D eigenvalue weighted by Crippen LogP contribution is -2.41. The number of nitrogens with one attached hydrogen (secondary N) is 1. The Kier molecular flexibility index (Phi) is 5.59. The fraction of sp³-hybridized carbons (Fsp3) is 0.526. The van der Waals surface area contributed by atoms with E-state index in [0.29, 0.717) is 35.7 Å². The Morgan fingerprint density at radius 3 is 2.42 bits per heavy atom. The SMILES string of the molecule is Cc1cc(-n2c(C)cc(C(=O)NC(CCC(C)(C)C)C(=O)O)c2C)no1. The number of aromatic nitrogens is 2. The van der Waals surface area contributed by atoms with E-state index in [-0.39, 0.29) is 5.41 Å². The zero-order valence-corrected chi connectivity index (χ0v) is 16.2. The van der Waals surface area contributed by atoms with Crippen molar-refractivity contribution in [2.45, 2.75) is 60.4 Å². The molecule has 1 unspecified atom stereocenters. The van der Waals surface area contributed by atoms with Gasteiger partial charge in [0.1, 0.15) is 11.8 Å². The third-order valence-corrected chi connectivity index (χ3v) is 4.31. The lowest BCUT2D eigenvalue weighted by Gasteiger charge is -2.21. The zero-order chi connectivity index (χ0) is 19.6. The first-order chi connectivity index (χ1) is 12.0. The summed E-state index contributed by atoms with van der Waals surface area (Å²) < 4.78 is 6.93. The quantitative estimate of drug-likeness (QED) is 0.822. The average molecular weight is 361 g/mol. The molecule has 2 N–H and O–H groups in total. The van der Waals surface area contributed by atoms with Gasteiger partial charge in [-0.1, -0.05) is 25.9 Å². The molecule has 2 aromatic rings. The van der Waals surface area contributed by atoms with Crippen LogP contribution in [-0.2, 0) is 4.79 Å². The average Bonchev–Trinajstić information content (AvgIpc) is 3.05. The van der Waals surface area contributed by atoms with Crippen molar-refractivity contribution in [1.29, 1.82) is 0 Å². The molecule has 0 aromatic carbocycles. The summed E-state index contributed by atoms with van der Waals surface area (Å²) in [7, 11) is 0. The number of rotatable bonds is 6. The van der Waals surface area contributed by atoms with E-state index in [1.807, 2.05) is 32.3 Å². The normalized spacial score (nSPS) is 12.8. The topological polar surface area (TPSA) is 97.4 Å². The molecule has 2 rings (SSSR count). The third-order valence-electron chi connectivity index (χ3n) is 4.31. The fourth-order valence-corrected chi connectivity index (χ4v) is 2.87. The maximum absolute atomic E-state index is 12.7. The summed E-state index contributed by atoms with van der Waals surface area (Å²) in [5.74, 6) is -0.153. The maximum Gasteiger partial charge on any atom is 0.326 e. The largest absolute Gasteiger partial charge is 0.480 e. The van der Waals surface area contributed by atoms with Crippen molar-refractivity contribution in [3.63, 3.8) is 0 Å². The van der Waals surface area contributed by atoms with Crippen LogP contribution in [0.2, 0.25) is 0 Å². The first kappa shape index (κ1) is 19.8. The van der Waals surface area contributed by atoms with Gasteiger partial charge in [0.25, 0.3) is 5.91 Å². The highest BCUT2D eigenvalue weighted by atomic mass is 16.5. The van der Waals surface area contributed by atoms with Crippen LogP contribution in [0.5, 0.6) is 0 Å². The first-order valence-corrected chi connectivity index (χ1v) is 8.66. The van der Waals surface area contributed by atoms with Crippen molar-refractivity contribution in [2.24, 2.45) is 5.41 Å². The smallest absolute Gasteiger partial charge is 0.326 e. The van der Waals surface area contributed by atoms with E-state index in [0.717, 1.165) is 5.69 Å². The highest BCUT2D eigenvalue weighted by molar-refractivity contribution is 5.98. The van der Waals surface area contributed by atoms with E-state index in [2.05, 4.69) is 10.5 Å². The summed E-state index contributed by atoms with van der Waals surface area (Å²) in [5.41, 5.74) is 1.94. The van der Waals surface area contributed by atoms with Crippen molar-refractivity contribution in [3.05, 3.63) is 34.8 Å².